The van der Waals surface area contributed by atoms with Gasteiger partial charge < -0.3 is 14.4 Å². The van der Waals surface area contributed by atoms with Crippen LogP contribution in [-0.2, 0) is 11.2 Å². The number of phenols is 1. The van der Waals surface area contributed by atoms with Gasteiger partial charge in [0.15, 0.2) is 0 Å². The Morgan fingerprint density at radius 3 is 2.58 bits per heavy atom. The number of carbonyl (C=O) groups excluding carboxylic acids is 1. The Morgan fingerprint density at radius 1 is 1.17 bits per heavy atom. The lowest BCUT2D eigenvalue weighted by atomic mass is 10.1. The van der Waals surface area contributed by atoms with Gasteiger partial charge in [-0.25, -0.2) is 4.79 Å². The van der Waals surface area contributed by atoms with E-state index in [9.17, 15) is 9.90 Å². The number of esters is 1. The van der Waals surface area contributed by atoms with Gasteiger partial charge in [0.05, 0.1) is 12.7 Å². The maximum Gasteiger partial charge on any atom is 0.337 e. The summed E-state index contributed by atoms with van der Waals surface area (Å²) in [6.45, 7) is 0. The van der Waals surface area contributed by atoms with E-state index in [1.165, 1.54) is 31.2 Å². The molecule has 2 aromatic carbocycles. The van der Waals surface area contributed by atoms with E-state index in [0.717, 1.165) is 17.4 Å². The van der Waals surface area contributed by atoms with Gasteiger partial charge in [-0.3, -0.25) is 0 Å². The Morgan fingerprint density at radius 2 is 1.92 bits per heavy atom. The molecule has 1 aliphatic rings. The first-order valence-electron chi connectivity index (χ1n) is 8.16. The SMILES string of the molecule is COC(=O)c1ccc2c(c1)cc(Cc1ccc(O)cc1)n2C1CC1. The van der Waals surface area contributed by atoms with Crippen molar-refractivity contribution in [1.29, 1.82) is 0 Å². The van der Waals surface area contributed by atoms with E-state index in [-0.39, 0.29) is 11.7 Å². The Bertz CT molecular complexity index is 905. The number of phenolic OH excluding ortho intramolecular Hbond substituents is 1. The van der Waals surface area contributed by atoms with E-state index in [4.69, 9.17) is 4.74 Å². The predicted molar refractivity (Wildman–Crippen MR) is 92.5 cm³/mol. The fourth-order valence-corrected chi connectivity index (χ4v) is 3.26. The molecule has 4 rings (SSSR count). The molecule has 0 unspecified atom stereocenters. The van der Waals surface area contributed by atoms with Crippen LogP contribution in [0.4, 0.5) is 0 Å². The average Bonchev–Trinajstić information content (AvgIpc) is 3.37. The van der Waals surface area contributed by atoms with Gasteiger partial charge in [0.2, 0.25) is 0 Å². The van der Waals surface area contributed by atoms with Gasteiger partial charge >= 0.3 is 5.97 Å². The summed E-state index contributed by atoms with van der Waals surface area (Å²) in [5.41, 5.74) is 4.14. The van der Waals surface area contributed by atoms with E-state index in [2.05, 4.69) is 10.6 Å². The number of aromatic hydroxyl groups is 1. The molecule has 122 valence electrons. The second kappa shape index (κ2) is 5.71. The minimum absolute atomic E-state index is 0.282. The summed E-state index contributed by atoms with van der Waals surface area (Å²) in [6.07, 6.45) is 3.20. The number of hydrogen-bond donors (Lipinski definition) is 1. The molecule has 4 nitrogen and oxygen atoms in total. The Kier molecular flexibility index (Phi) is 3.53. The van der Waals surface area contributed by atoms with E-state index in [1.807, 2.05) is 30.3 Å². The van der Waals surface area contributed by atoms with E-state index >= 15 is 0 Å². The van der Waals surface area contributed by atoms with Crippen molar-refractivity contribution in [3.05, 3.63) is 65.4 Å². The van der Waals surface area contributed by atoms with Gasteiger partial charge in [0.25, 0.3) is 0 Å². The van der Waals surface area contributed by atoms with Crippen LogP contribution >= 0.6 is 0 Å². The van der Waals surface area contributed by atoms with Crippen molar-refractivity contribution < 1.29 is 14.6 Å². The maximum atomic E-state index is 11.8. The molecule has 1 N–H and O–H groups in total. The van der Waals surface area contributed by atoms with Gasteiger partial charge in [0, 0.05) is 29.1 Å². The van der Waals surface area contributed by atoms with Gasteiger partial charge in [-0.1, -0.05) is 12.1 Å². The zero-order chi connectivity index (χ0) is 16.7. The third kappa shape index (κ3) is 2.64. The molecule has 0 atom stereocenters. The molecular weight excluding hydrogens is 302 g/mol. The third-order valence-electron chi connectivity index (χ3n) is 4.57. The fraction of sp³-hybridized carbons (Fsp3) is 0.250. The van der Waals surface area contributed by atoms with Gasteiger partial charge in [-0.05, 0) is 54.8 Å². The van der Waals surface area contributed by atoms with Crippen LogP contribution < -0.4 is 0 Å². The summed E-state index contributed by atoms with van der Waals surface area (Å²) in [5, 5.41) is 10.5. The first-order chi connectivity index (χ1) is 11.7. The number of aromatic nitrogens is 1. The fourth-order valence-electron chi connectivity index (χ4n) is 3.26. The Hall–Kier alpha value is -2.75. The van der Waals surface area contributed by atoms with Crippen molar-refractivity contribution in [2.75, 3.05) is 7.11 Å². The van der Waals surface area contributed by atoms with Gasteiger partial charge in [-0.15, -0.1) is 0 Å². The zero-order valence-electron chi connectivity index (χ0n) is 13.5. The molecule has 0 aliphatic heterocycles. The summed E-state index contributed by atoms with van der Waals surface area (Å²) in [7, 11) is 1.40. The van der Waals surface area contributed by atoms with Gasteiger partial charge in [0.1, 0.15) is 5.75 Å². The van der Waals surface area contributed by atoms with Crippen molar-refractivity contribution in [3.63, 3.8) is 0 Å². The quantitative estimate of drug-likeness (QED) is 0.737. The smallest absolute Gasteiger partial charge is 0.337 e. The number of benzene rings is 2. The normalized spacial score (nSPS) is 14.0. The molecule has 0 saturated heterocycles. The van der Waals surface area contributed by atoms with Crippen molar-refractivity contribution in [2.45, 2.75) is 25.3 Å². The van der Waals surface area contributed by atoms with Crippen molar-refractivity contribution >= 4 is 16.9 Å². The zero-order valence-corrected chi connectivity index (χ0v) is 13.5. The molecule has 1 heterocycles. The second-order valence-electron chi connectivity index (χ2n) is 6.35. The van der Waals surface area contributed by atoms with Crippen molar-refractivity contribution in [1.82, 2.24) is 4.57 Å². The Labute approximate surface area is 140 Å². The lowest BCUT2D eigenvalue weighted by Crippen LogP contribution is -2.02. The third-order valence-corrected chi connectivity index (χ3v) is 4.57. The van der Waals surface area contributed by atoms with E-state index in [1.54, 1.807) is 12.1 Å². The van der Waals surface area contributed by atoms with Crippen LogP contribution in [0, 0.1) is 0 Å². The topological polar surface area (TPSA) is 51.5 Å². The van der Waals surface area contributed by atoms with E-state index in [0.29, 0.717) is 11.6 Å². The highest BCUT2D eigenvalue weighted by Crippen LogP contribution is 2.40. The molecule has 24 heavy (non-hydrogen) atoms. The van der Waals surface area contributed by atoms with E-state index < -0.39 is 0 Å². The molecule has 1 saturated carbocycles. The summed E-state index contributed by atoms with van der Waals surface area (Å²) in [6, 6.07) is 15.8. The highest BCUT2D eigenvalue weighted by atomic mass is 16.5. The average molecular weight is 321 g/mol. The van der Waals surface area contributed by atoms with Crippen molar-refractivity contribution in [3.8, 4) is 5.75 Å². The number of nitrogens with zero attached hydrogens (tertiary/aromatic N) is 1. The number of ether oxygens (including phenoxy) is 1. The summed E-state index contributed by atoms with van der Waals surface area (Å²) < 4.78 is 7.21. The highest BCUT2D eigenvalue weighted by molar-refractivity contribution is 5.95. The van der Waals surface area contributed by atoms with Crippen LogP contribution in [-0.4, -0.2) is 22.8 Å². The number of hydrogen-bond acceptors (Lipinski definition) is 3. The standard InChI is InChI=1S/C20H19NO3/c1-24-20(23)14-4-9-19-15(11-14)12-17(21(19)16-5-6-16)10-13-2-7-18(22)8-3-13/h2-4,7-9,11-12,16,22H,5-6,10H2,1H3. The number of fused-ring (bicyclic) bond motifs is 1. The number of carbonyl (C=O) groups is 1. The van der Waals surface area contributed by atoms with Crippen LogP contribution in [0.15, 0.2) is 48.5 Å². The summed E-state index contributed by atoms with van der Waals surface area (Å²) >= 11 is 0. The summed E-state index contributed by atoms with van der Waals surface area (Å²) in [5.74, 6) is -0.0274. The van der Waals surface area contributed by atoms with Crippen LogP contribution in [0.5, 0.6) is 5.75 Å². The first-order valence-corrected chi connectivity index (χ1v) is 8.16. The number of methoxy groups -OCH3 is 1. The Balaban J connectivity index is 1.77. The predicted octanol–water partition coefficient (Wildman–Crippen LogP) is 4.06. The second-order valence-corrected chi connectivity index (χ2v) is 6.35. The molecule has 3 aromatic rings. The molecule has 1 fully saturated rings. The molecule has 0 amide bonds. The van der Waals surface area contributed by atoms with Crippen LogP contribution in [0.2, 0.25) is 0 Å². The van der Waals surface area contributed by atoms with Crippen molar-refractivity contribution in [2.24, 2.45) is 0 Å². The van der Waals surface area contributed by atoms with Crippen LogP contribution in [0.3, 0.4) is 0 Å². The largest absolute Gasteiger partial charge is 0.508 e. The van der Waals surface area contributed by atoms with Crippen LogP contribution in [0.25, 0.3) is 10.9 Å². The molecule has 1 aliphatic carbocycles. The molecule has 0 spiro atoms. The number of rotatable bonds is 4. The molecule has 0 bridgehead atoms. The van der Waals surface area contributed by atoms with Gasteiger partial charge in [-0.2, -0.15) is 0 Å². The van der Waals surface area contributed by atoms with Crippen LogP contribution in [0.1, 0.15) is 40.5 Å². The lowest BCUT2D eigenvalue weighted by Gasteiger charge is -2.10. The minimum atomic E-state index is -0.309. The molecular formula is C20H19NO3. The lowest BCUT2D eigenvalue weighted by molar-refractivity contribution is 0.0601. The molecule has 4 heteroatoms. The minimum Gasteiger partial charge on any atom is -0.508 e. The molecule has 1 aromatic heterocycles. The maximum absolute atomic E-state index is 11.8. The molecule has 0 radical (unpaired) electrons. The first kappa shape index (κ1) is 14.8. The highest BCUT2D eigenvalue weighted by Gasteiger charge is 2.27. The summed E-state index contributed by atoms with van der Waals surface area (Å²) in [4.78, 5) is 11.8. The monoisotopic (exact) mass is 321 g/mol.